The first-order valence-corrected chi connectivity index (χ1v) is 22.0. The van der Waals surface area contributed by atoms with Crippen LogP contribution < -0.4 is 0 Å². The molecule has 0 atom stereocenters. The Kier molecular flexibility index (Phi) is 8.46. The summed E-state index contributed by atoms with van der Waals surface area (Å²) in [6.45, 7) is 0. The van der Waals surface area contributed by atoms with Gasteiger partial charge in [0.2, 0.25) is 0 Å². The van der Waals surface area contributed by atoms with E-state index in [0.717, 1.165) is 89.2 Å². The summed E-state index contributed by atoms with van der Waals surface area (Å²) >= 11 is 0. The summed E-state index contributed by atoms with van der Waals surface area (Å²) < 4.78 is 8.47. The van der Waals surface area contributed by atoms with Crippen LogP contribution in [-0.4, -0.2) is 19.5 Å². The molecule has 4 aromatic heterocycles. The minimum absolute atomic E-state index is 0.666. The van der Waals surface area contributed by atoms with Crippen LogP contribution in [0.15, 0.2) is 229 Å². The number of nitrogens with zero attached hydrogens (tertiary/aromatic N) is 3. The van der Waals surface area contributed by atoms with Crippen molar-refractivity contribution in [3.63, 3.8) is 0 Å². The highest BCUT2D eigenvalue weighted by molar-refractivity contribution is 6.09. The van der Waals surface area contributed by atoms with E-state index in [1.54, 1.807) is 0 Å². The molecule has 5 nitrogen and oxygen atoms in total. The number of fused-ring (bicyclic) bond motifs is 7. The van der Waals surface area contributed by atoms with Gasteiger partial charge in [0.15, 0.2) is 5.82 Å². The van der Waals surface area contributed by atoms with Crippen LogP contribution in [0.4, 0.5) is 0 Å². The van der Waals surface area contributed by atoms with Gasteiger partial charge < -0.3 is 14.0 Å². The van der Waals surface area contributed by atoms with Gasteiger partial charge in [0.05, 0.1) is 28.1 Å². The number of rotatable bonds is 7. The van der Waals surface area contributed by atoms with E-state index in [4.69, 9.17) is 14.4 Å². The minimum atomic E-state index is 0.666. The fourth-order valence-electron chi connectivity index (χ4n) is 9.64. The summed E-state index contributed by atoms with van der Waals surface area (Å²) in [6, 6.07) is 79.2. The predicted molar refractivity (Wildman–Crippen MR) is 268 cm³/mol. The Balaban J connectivity index is 0.910. The first-order valence-electron chi connectivity index (χ1n) is 22.0. The maximum Gasteiger partial charge on any atom is 0.160 e. The van der Waals surface area contributed by atoms with Crippen molar-refractivity contribution in [1.82, 2.24) is 19.5 Å². The highest BCUT2D eigenvalue weighted by atomic mass is 16.3. The van der Waals surface area contributed by atoms with Gasteiger partial charge in [-0.25, -0.2) is 9.97 Å². The van der Waals surface area contributed by atoms with Gasteiger partial charge in [-0.05, 0) is 76.9 Å². The molecule has 0 unspecified atom stereocenters. The number of para-hydroxylation sites is 4. The smallest absolute Gasteiger partial charge is 0.160 e. The van der Waals surface area contributed by atoms with Gasteiger partial charge in [0, 0.05) is 60.4 Å². The molecule has 0 saturated carbocycles. The highest BCUT2D eigenvalue weighted by Gasteiger charge is 2.18. The Hall–Kier alpha value is -8.80. The molecule has 0 fully saturated rings. The molecule has 0 aliphatic carbocycles. The molecule has 1 N–H and O–H groups in total. The van der Waals surface area contributed by atoms with Gasteiger partial charge in [-0.2, -0.15) is 0 Å². The molecule has 0 radical (unpaired) electrons. The van der Waals surface area contributed by atoms with Crippen LogP contribution in [-0.2, 0) is 0 Å². The van der Waals surface area contributed by atoms with Crippen LogP contribution in [0.2, 0.25) is 0 Å². The molecular weight excluding hydrogens is 793 g/mol. The second kappa shape index (κ2) is 14.9. The predicted octanol–water partition coefficient (Wildman–Crippen LogP) is 16.0. The average Bonchev–Trinajstić information content (AvgIpc) is 4.07. The molecular formula is C60H38N4O. The zero-order valence-electron chi connectivity index (χ0n) is 35.1. The lowest BCUT2D eigenvalue weighted by Crippen LogP contribution is -1.97. The topological polar surface area (TPSA) is 59.6 Å². The van der Waals surface area contributed by atoms with Crippen LogP contribution in [0.5, 0.6) is 0 Å². The molecule has 0 amide bonds. The second-order valence-corrected chi connectivity index (χ2v) is 16.6. The molecule has 304 valence electrons. The largest absolute Gasteiger partial charge is 0.456 e. The maximum absolute atomic E-state index is 6.12. The third kappa shape index (κ3) is 6.24. The van der Waals surface area contributed by atoms with Crippen LogP contribution in [0, 0.1) is 0 Å². The SMILES string of the molecule is c1ccc(-c2[nH]c3ccccc3c2-c2ccc(-c3nc(-c4ccc(-c5ccc6oc7ccccc7c6c5)cc4)cc(-c4ccc(-n5c6ccccc6c6ccccc65)cc4)n3)cc2)cc1. The zero-order valence-corrected chi connectivity index (χ0v) is 35.1. The molecule has 65 heavy (non-hydrogen) atoms. The van der Waals surface area contributed by atoms with E-state index in [1.807, 2.05) is 12.1 Å². The molecule has 5 heteroatoms. The van der Waals surface area contributed by atoms with Gasteiger partial charge in [-0.3, -0.25) is 0 Å². The standard InChI is InChI=1S/C60H38N4O/c1-2-12-42(13-3-1)59-58(49-17-4-8-18-51(49)61-59)41-26-28-43(29-27-41)60-62-52(39-24-22-38(23-25-39)44-32-35-57-50(36-44)48-16-7-11-21-56(48)65-57)37-53(63-60)40-30-33-45(34-31-40)64-54-19-9-5-14-46(54)47-15-6-10-20-55(47)64/h1-37,61H. The monoisotopic (exact) mass is 830 g/mol. The molecule has 0 bridgehead atoms. The second-order valence-electron chi connectivity index (χ2n) is 16.6. The van der Waals surface area contributed by atoms with E-state index in [1.165, 1.54) is 32.8 Å². The van der Waals surface area contributed by atoms with Crippen LogP contribution >= 0.6 is 0 Å². The minimum Gasteiger partial charge on any atom is -0.456 e. The van der Waals surface area contributed by atoms with E-state index in [9.17, 15) is 0 Å². The number of aromatic amines is 1. The number of hydrogen-bond donors (Lipinski definition) is 1. The Morgan fingerprint density at radius 2 is 0.877 bits per heavy atom. The van der Waals surface area contributed by atoms with Crippen molar-refractivity contribution in [2.75, 3.05) is 0 Å². The molecule has 13 rings (SSSR count). The molecule has 0 saturated heterocycles. The molecule has 0 spiro atoms. The number of aromatic nitrogens is 4. The fourth-order valence-corrected chi connectivity index (χ4v) is 9.64. The summed E-state index contributed by atoms with van der Waals surface area (Å²) in [5, 5.41) is 5.90. The quantitative estimate of drug-likeness (QED) is 0.174. The van der Waals surface area contributed by atoms with E-state index < -0.39 is 0 Å². The lowest BCUT2D eigenvalue weighted by Gasteiger charge is -2.12. The zero-order chi connectivity index (χ0) is 42.8. The van der Waals surface area contributed by atoms with Crippen LogP contribution in [0.25, 0.3) is 128 Å². The van der Waals surface area contributed by atoms with Crippen molar-refractivity contribution in [2.45, 2.75) is 0 Å². The van der Waals surface area contributed by atoms with E-state index in [2.05, 4.69) is 222 Å². The van der Waals surface area contributed by atoms with Crippen LogP contribution in [0.1, 0.15) is 0 Å². The first kappa shape index (κ1) is 36.8. The fraction of sp³-hybridized carbons (Fsp3) is 0. The Morgan fingerprint density at radius 3 is 1.58 bits per heavy atom. The van der Waals surface area contributed by atoms with E-state index in [-0.39, 0.29) is 0 Å². The molecule has 0 aliphatic rings. The van der Waals surface area contributed by atoms with Crippen molar-refractivity contribution in [3.05, 3.63) is 224 Å². The number of benzene rings is 9. The van der Waals surface area contributed by atoms with Crippen molar-refractivity contribution in [1.29, 1.82) is 0 Å². The van der Waals surface area contributed by atoms with Gasteiger partial charge in [-0.1, -0.05) is 170 Å². The molecule has 0 aliphatic heterocycles. The van der Waals surface area contributed by atoms with Gasteiger partial charge in [0.25, 0.3) is 0 Å². The van der Waals surface area contributed by atoms with Crippen molar-refractivity contribution < 1.29 is 4.42 Å². The van der Waals surface area contributed by atoms with Crippen molar-refractivity contribution >= 4 is 54.6 Å². The average molecular weight is 831 g/mol. The summed E-state index contributed by atoms with van der Waals surface area (Å²) in [5.41, 5.74) is 17.8. The summed E-state index contributed by atoms with van der Waals surface area (Å²) in [7, 11) is 0. The van der Waals surface area contributed by atoms with Crippen LogP contribution in [0.3, 0.4) is 0 Å². The molecule has 13 aromatic rings. The lowest BCUT2D eigenvalue weighted by atomic mass is 9.97. The first-order chi connectivity index (χ1) is 32.2. The number of hydrogen-bond acceptors (Lipinski definition) is 3. The van der Waals surface area contributed by atoms with Crippen molar-refractivity contribution in [2.24, 2.45) is 0 Å². The molecule has 9 aromatic carbocycles. The van der Waals surface area contributed by atoms with E-state index >= 15 is 0 Å². The van der Waals surface area contributed by atoms with Gasteiger partial charge in [-0.15, -0.1) is 0 Å². The summed E-state index contributed by atoms with van der Waals surface area (Å²) in [6.07, 6.45) is 0. The normalized spacial score (nSPS) is 11.7. The summed E-state index contributed by atoms with van der Waals surface area (Å²) in [4.78, 5) is 14.3. The third-order valence-corrected chi connectivity index (χ3v) is 12.8. The Labute approximate surface area is 374 Å². The Bertz CT molecular complexity index is 3860. The van der Waals surface area contributed by atoms with Crippen molar-refractivity contribution in [3.8, 4) is 73.1 Å². The molecule has 4 heterocycles. The maximum atomic E-state index is 6.12. The number of nitrogens with one attached hydrogen (secondary N) is 1. The lowest BCUT2D eigenvalue weighted by molar-refractivity contribution is 0.669. The Morgan fingerprint density at radius 1 is 0.354 bits per heavy atom. The highest BCUT2D eigenvalue weighted by Crippen LogP contribution is 2.40. The number of H-pyrrole nitrogens is 1. The number of furan rings is 1. The summed E-state index contributed by atoms with van der Waals surface area (Å²) in [5.74, 6) is 0.666. The van der Waals surface area contributed by atoms with Gasteiger partial charge >= 0.3 is 0 Å². The van der Waals surface area contributed by atoms with Gasteiger partial charge in [0.1, 0.15) is 11.2 Å². The third-order valence-electron chi connectivity index (χ3n) is 12.8. The van der Waals surface area contributed by atoms with E-state index in [0.29, 0.717) is 5.82 Å².